The summed E-state index contributed by atoms with van der Waals surface area (Å²) in [5.41, 5.74) is 5.76. The lowest BCUT2D eigenvalue weighted by Gasteiger charge is -2.26. The third-order valence-electron chi connectivity index (χ3n) is 3.28. The van der Waals surface area contributed by atoms with Crippen molar-refractivity contribution in [1.82, 2.24) is 15.0 Å². The maximum atomic E-state index is 5.76. The Kier molecular flexibility index (Phi) is 3.67. The van der Waals surface area contributed by atoms with E-state index >= 15 is 0 Å². The maximum absolute atomic E-state index is 5.76. The molecule has 106 valence electrons. The van der Waals surface area contributed by atoms with Crippen molar-refractivity contribution in [3.05, 3.63) is 24.2 Å². The predicted octanol–water partition coefficient (Wildman–Crippen LogP) is 1.65. The monoisotopic (exact) mass is 274 g/mol. The predicted molar refractivity (Wildman–Crippen MR) is 76.3 cm³/mol. The molecule has 0 radical (unpaired) electrons. The van der Waals surface area contributed by atoms with Crippen molar-refractivity contribution in [1.29, 1.82) is 0 Å². The number of nitrogens with one attached hydrogen (secondary N) is 1. The van der Waals surface area contributed by atoms with Crippen molar-refractivity contribution in [3.63, 3.8) is 0 Å². The average molecular weight is 274 g/mol. The Labute approximate surface area is 117 Å². The number of nitrogen functional groups attached to an aromatic ring is 1. The van der Waals surface area contributed by atoms with Crippen LogP contribution < -0.4 is 16.0 Å². The minimum absolute atomic E-state index is 0.238. The molecule has 1 aliphatic heterocycles. The molecule has 2 aromatic heterocycles. The first kappa shape index (κ1) is 12.7. The topological polar surface area (TPSA) is 93.1 Å². The second-order valence-corrected chi connectivity index (χ2v) is 4.80. The molecule has 20 heavy (non-hydrogen) atoms. The normalized spacial score (nSPS) is 15.3. The van der Waals surface area contributed by atoms with Crippen molar-refractivity contribution >= 4 is 17.8 Å². The third kappa shape index (κ3) is 2.98. The molecule has 0 unspecified atom stereocenters. The van der Waals surface area contributed by atoms with E-state index in [1.807, 2.05) is 12.1 Å². The summed E-state index contributed by atoms with van der Waals surface area (Å²) >= 11 is 0. The Morgan fingerprint density at radius 1 is 1.20 bits per heavy atom. The summed E-state index contributed by atoms with van der Waals surface area (Å²) in [7, 11) is 0. The zero-order valence-electron chi connectivity index (χ0n) is 11.2. The van der Waals surface area contributed by atoms with E-state index in [1.165, 1.54) is 19.3 Å². The lowest BCUT2D eigenvalue weighted by Crippen LogP contribution is -2.31. The number of piperidine rings is 1. The molecule has 1 aliphatic rings. The summed E-state index contributed by atoms with van der Waals surface area (Å²) in [6.07, 6.45) is 5.24. The molecule has 0 spiro atoms. The SMILES string of the molecule is Nc1nc(NCc2ccco2)nc(N2CCCCC2)n1. The molecule has 0 aliphatic carbocycles. The molecule has 0 saturated carbocycles. The number of nitrogens with zero attached hydrogens (tertiary/aromatic N) is 4. The van der Waals surface area contributed by atoms with Crippen LogP contribution in [0, 0.1) is 0 Å². The average Bonchev–Trinajstić information content (AvgIpc) is 2.99. The molecule has 0 aromatic carbocycles. The van der Waals surface area contributed by atoms with Gasteiger partial charge in [0.2, 0.25) is 17.8 Å². The standard InChI is InChI=1S/C13H18N6O/c14-11-16-12(15-9-10-5-4-8-20-10)18-13(17-11)19-6-2-1-3-7-19/h4-5,8H,1-3,6-7,9H2,(H3,14,15,16,17,18). The van der Waals surface area contributed by atoms with E-state index in [2.05, 4.69) is 25.2 Å². The quantitative estimate of drug-likeness (QED) is 0.875. The second kappa shape index (κ2) is 5.77. The number of anilines is 3. The van der Waals surface area contributed by atoms with Gasteiger partial charge in [-0.25, -0.2) is 0 Å². The Bertz CT molecular complexity index is 550. The molecule has 0 atom stereocenters. The molecule has 7 nitrogen and oxygen atoms in total. The largest absolute Gasteiger partial charge is 0.467 e. The highest BCUT2D eigenvalue weighted by Crippen LogP contribution is 2.17. The lowest BCUT2D eigenvalue weighted by atomic mass is 10.1. The number of hydrogen-bond acceptors (Lipinski definition) is 7. The highest BCUT2D eigenvalue weighted by molar-refractivity contribution is 5.42. The highest BCUT2D eigenvalue weighted by Gasteiger charge is 2.15. The van der Waals surface area contributed by atoms with Crippen LogP contribution in [0.1, 0.15) is 25.0 Å². The van der Waals surface area contributed by atoms with Crippen molar-refractivity contribution in [2.45, 2.75) is 25.8 Å². The van der Waals surface area contributed by atoms with Crippen molar-refractivity contribution in [2.24, 2.45) is 0 Å². The molecule has 7 heteroatoms. The van der Waals surface area contributed by atoms with E-state index in [1.54, 1.807) is 6.26 Å². The van der Waals surface area contributed by atoms with Crippen LogP contribution in [0.3, 0.4) is 0 Å². The van der Waals surface area contributed by atoms with E-state index in [4.69, 9.17) is 10.2 Å². The minimum atomic E-state index is 0.238. The zero-order chi connectivity index (χ0) is 13.8. The molecule has 0 bridgehead atoms. The van der Waals surface area contributed by atoms with Crippen LogP contribution in [-0.4, -0.2) is 28.0 Å². The number of hydrogen-bond donors (Lipinski definition) is 2. The van der Waals surface area contributed by atoms with Crippen LogP contribution in [0.4, 0.5) is 17.8 Å². The molecule has 0 amide bonds. The van der Waals surface area contributed by atoms with Crippen LogP contribution in [-0.2, 0) is 6.54 Å². The van der Waals surface area contributed by atoms with E-state index in [0.717, 1.165) is 18.8 Å². The highest BCUT2D eigenvalue weighted by atomic mass is 16.3. The van der Waals surface area contributed by atoms with E-state index in [9.17, 15) is 0 Å². The van der Waals surface area contributed by atoms with Gasteiger partial charge in [-0.15, -0.1) is 0 Å². The first-order chi connectivity index (χ1) is 9.81. The molecule has 1 saturated heterocycles. The van der Waals surface area contributed by atoms with Gasteiger partial charge in [0.15, 0.2) is 0 Å². The minimum Gasteiger partial charge on any atom is -0.467 e. The third-order valence-corrected chi connectivity index (χ3v) is 3.28. The van der Waals surface area contributed by atoms with Gasteiger partial charge in [0, 0.05) is 13.1 Å². The summed E-state index contributed by atoms with van der Waals surface area (Å²) < 4.78 is 5.26. The van der Waals surface area contributed by atoms with Crippen LogP contribution in [0.5, 0.6) is 0 Å². The van der Waals surface area contributed by atoms with Crippen LogP contribution in [0.25, 0.3) is 0 Å². The zero-order valence-corrected chi connectivity index (χ0v) is 11.2. The first-order valence-corrected chi connectivity index (χ1v) is 6.84. The fourth-order valence-corrected chi connectivity index (χ4v) is 2.27. The molecule has 3 heterocycles. The van der Waals surface area contributed by atoms with Gasteiger partial charge >= 0.3 is 0 Å². The number of nitrogens with two attached hydrogens (primary N) is 1. The molecule has 2 aromatic rings. The van der Waals surface area contributed by atoms with Gasteiger partial charge in [-0.2, -0.15) is 15.0 Å². The summed E-state index contributed by atoms with van der Waals surface area (Å²) in [5, 5.41) is 3.10. The Morgan fingerprint density at radius 3 is 2.80 bits per heavy atom. The fourth-order valence-electron chi connectivity index (χ4n) is 2.27. The van der Waals surface area contributed by atoms with Gasteiger partial charge in [-0.05, 0) is 31.4 Å². The molecule has 3 rings (SSSR count). The Hall–Kier alpha value is -2.31. The van der Waals surface area contributed by atoms with Gasteiger partial charge in [0.1, 0.15) is 5.76 Å². The second-order valence-electron chi connectivity index (χ2n) is 4.80. The first-order valence-electron chi connectivity index (χ1n) is 6.84. The number of rotatable bonds is 4. The summed E-state index contributed by atoms with van der Waals surface area (Å²) in [6.45, 7) is 2.47. The number of furan rings is 1. The van der Waals surface area contributed by atoms with E-state index < -0.39 is 0 Å². The van der Waals surface area contributed by atoms with Crippen LogP contribution >= 0.6 is 0 Å². The fraction of sp³-hybridized carbons (Fsp3) is 0.462. The summed E-state index contributed by atoms with van der Waals surface area (Å²) in [4.78, 5) is 14.9. The van der Waals surface area contributed by atoms with E-state index in [0.29, 0.717) is 18.4 Å². The van der Waals surface area contributed by atoms with Gasteiger partial charge in [0.25, 0.3) is 0 Å². The van der Waals surface area contributed by atoms with E-state index in [-0.39, 0.29) is 5.95 Å². The molecular formula is C13H18N6O. The smallest absolute Gasteiger partial charge is 0.231 e. The molecular weight excluding hydrogens is 256 g/mol. The van der Waals surface area contributed by atoms with Crippen LogP contribution in [0.2, 0.25) is 0 Å². The molecule has 3 N–H and O–H groups in total. The van der Waals surface area contributed by atoms with Crippen molar-refractivity contribution in [2.75, 3.05) is 29.0 Å². The van der Waals surface area contributed by atoms with Crippen molar-refractivity contribution in [3.8, 4) is 0 Å². The van der Waals surface area contributed by atoms with Gasteiger partial charge < -0.3 is 20.4 Å². The maximum Gasteiger partial charge on any atom is 0.231 e. The number of aromatic nitrogens is 3. The van der Waals surface area contributed by atoms with Gasteiger partial charge in [0.05, 0.1) is 12.8 Å². The van der Waals surface area contributed by atoms with Crippen molar-refractivity contribution < 1.29 is 4.42 Å². The lowest BCUT2D eigenvalue weighted by molar-refractivity contribution is 0.517. The Morgan fingerprint density at radius 2 is 2.05 bits per heavy atom. The van der Waals surface area contributed by atoms with Crippen LogP contribution in [0.15, 0.2) is 22.8 Å². The van der Waals surface area contributed by atoms with Gasteiger partial charge in [-0.3, -0.25) is 0 Å². The summed E-state index contributed by atoms with van der Waals surface area (Å²) in [5.74, 6) is 2.19. The molecule has 1 fully saturated rings. The summed E-state index contributed by atoms with van der Waals surface area (Å²) in [6, 6.07) is 3.74. The van der Waals surface area contributed by atoms with Gasteiger partial charge in [-0.1, -0.05) is 0 Å². The Balaban J connectivity index is 1.72.